The van der Waals surface area contributed by atoms with E-state index in [2.05, 4.69) is 11.4 Å². The number of rotatable bonds is 2. The van der Waals surface area contributed by atoms with Gasteiger partial charge in [0.1, 0.15) is 5.75 Å². The number of hydrogen-bond donors (Lipinski definition) is 2. The molecular weight excluding hydrogens is 262 g/mol. The Labute approximate surface area is 124 Å². The molecular formula is C18H19NO2. The quantitative estimate of drug-likeness (QED) is 0.883. The Morgan fingerprint density at radius 1 is 1.19 bits per heavy atom. The molecule has 0 bridgehead atoms. The summed E-state index contributed by atoms with van der Waals surface area (Å²) in [6.07, 6.45) is 2.95. The van der Waals surface area contributed by atoms with Gasteiger partial charge in [-0.15, -0.1) is 0 Å². The summed E-state index contributed by atoms with van der Waals surface area (Å²) in [7, 11) is 0. The highest BCUT2D eigenvalue weighted by Gasteiger charge is 2.22. The van der Waals surface area contributed by atoms with Gasteiger partial charge < -0.3 is 10.4 Å². The summed E-state index contributed by atoms with van der Waals surface area (Å²) in [5.41, 5.74) is 4.65. The molecule has 0 saturated carbocycles. The van der Waals surface area contributed by atoms with Crippen molar-refractivity contribution in [3.05, 3.63) is 59.2 Å². The van der Waals surface area contributed by atoms with Crippen molar-refractivity contribution in [2.45, 2.75) is 32.1 Å². The van der Waals surface area contributed by atoms with E-state index in [4.69, 9.17) is 0 Å². The van der Waals surface area contributed by atoms with Gasteiger partial charge >= 0.3 is 0 Å². The Morgan fingerprint density at radius 2 is 2.00 bits per heavy atom. The van der Waals surface area contributed by atoms with Gasteiger partial charge in [-0.25, -0.2) is 0 Å². The molecule has 3 nitrogen and oxygen atoms in total. The van der Waals surface area contributed by atoms with E-state index in [1.165, 1.54) is 23.6 Å². The van der Waals surface area contributed by atoms with E-state index < -0.39 is 0 Å². The lowest BCUT2D eigenvalue weighted by molar-refractivity contribution is -0.114. The Balaban J connectivity index is 1.89. The number of aryl methyl sites for hydroxylation is 1. The Morgan fingerprint density at radius 3 is 2.81 bits per heavy atom. The fraction of sp³-hybridized carbons (Fsp3) is 0.278. The van der Waals surface area contributed by atoms with E-state index in [-0.39, 0.29) is 5.91 Å². The van der Waals surface area contributed by atoms with Crippen molar-refractivity contribution in [1.82, 2.24) is 0 Å². The zero-order valence-electron chi connectivity index (χ0n) is 12.1. The van der Waals surface area contributed by atoms with E-state index in [9.17, 15) is 9.90 Å². The SMILES string of the molecule is CC(=O)Nc1ccccc1C1CCc2cc(O)ccc2C1. The Kier molecular flexibility index (Phi) is 3.65. The van der Waals surface area contributed by atoms with Crippen LogP contribution in [0.4, 0.5) is 5.69 Å². The minimum absolute atomic E-state index is 0.0384. The topological polar surface area (TPSA) is 49.3 Å². The van der Waals surface area contributed by atoms with E-state index in [0.29, 0.717) is 11.7 Å². The third-order valence-corrected chi connectivity index (χ3v) is 4.13. The predicted molar refractivity (Wildman–Crippen MR) is 83.6 cm³/mol. The van der Waals surface area contributed by atoms with E-state index in [0.717, 1.165) is 24.9 Å². The molecule has 2 aromatic rings. The van der Waals surface area contributed by atoms with Crippen molar-refractivity contribution >= 4 is 11.6 Å². The molecule has 1 aliphatic carbocycles. The van der Waals surface area contributed by atoms with Crippen molar-refractivity contribution in [1.29, 1.82) is 0 Å². The molecule has 0 aliphatic heterocycles. The number of carbonyl (C=O) groups is 1. The first-order valence-electron chi connectivity index (χ1n) is 7.31. The third-order valence-electron chi connectivity index (χ3n) is 4.13. The third kappa shape index (κ3) is 2.92. The fourth-order valence-electron chi connectivity index (χ4n) is 3.16. The van der Waals surface area contributed by atoms with Crippen LogP contribution >= 0.6 is 0 Å². The van der Waals surface area contributed by atoms with Crippen LogP contribution in [0.2, 0.25) is 0 Å². The molecule has 21 heavy (non-hydrogen) atoms. The highest BCUT2D eigenvalue weighted by molar-refractivity contribution is 5.89. The van der Waals surface area contributed by atoms with Gasteiger partial charge in [-0.2, -0.15) is 0 Å². The van der Waals surface area contributed by atoms with Crippen LogP contribution in [0.25, 0.3) is 0 Å². The number of amides is 1. The van der Waals surface area contributed by atoms with Crippen LogP contribution in [0.1, 0.15) is 36.0 Å². The summed E-state index contributed by atoms with van der Waals surface area (Å²) in [5, 5.41) is 12.5. The molecule has 1 unspecified atom stereocenters. The average molecular weight is 281 g/mol. The molecule has 0 aromatic heterocycles. The van der Waals surface area contributed by atoms with Gasteiger partial charge in [0.15, 0.2) is 0 Å². The summed E-state index contributed by atoms with van der Waals surface area (Å²) in [5.74, 6) is 0.708. The molecule has 1 amide bonds. The molecule has 1 aliphatic rings. The molecule has 108 valence electrons. The summed E-state index contributed by atoms with van der Waals surface area (Å²) in [6.45, 7) is 1.54. The van der Waals surface area contributed by atoms with Crippen molar-refractivity contribution in [3.8, 4) is 5.75 Å². The molecule has 3 rings (SSSR count). The number of para-hydroxylation sites is 1. The molecule has 0 radical (unpaired) electrons. The summed E-state index contributed by atoms with van der Waals surface area (Å²) >= 11 is 0. The lowest BCUT2D eigenvalue weighted by Gasteiger charge is -2.26. The van der Waals surface area contributed by atoms with Crippen molar-refractivity contribution < 1.29 is 9.90 Å². The normalized spacial score (nSPS) is 17.1. The lowest BCUT2D eigenvalue weighted by Crippen LogP contribution is -2.16. The first-order chi connectivity index (χ1) is 10.1. The minimum atomic E-state index is -0.0384. The molecule has 2 aromatic carbocycles. The second-order valence-electron chi connectivity index (χ2n) is 5.66. The monoisotopic (exact) mass is 281 g/mol. The van der Waals surface area contributed by atoms with E-state index in [1.54, 1.807) is 6.07 Å². The van der Waals surface area contributed by atoms with E-state index in [1.807, 2.05) is 30.3 Å². The van der Waals surface area contributed by atoms with Crippen LogP contribution < -0.4 is 5.32 Å². The minimum Gasteiger partial charge on any atom is -0.508 e. The second-order valence-corrected chi connectivity index (χ2v) is 5.66. The van der Waals surface area contributed by atoms with Gasteiger partial charge in [-0.1, -0.05) is 24.3 Å². The average Bonchev–Trinajstić information content (AvgIpc) is 2.47. The first kappa shape index (κ1) is 13.7. The van der Waals surface area contributed by atoms with Crippen LogP contribution in [0.5, 0.6) is 5.75 Å². The maximum atomic E-state index is 11.3. The number of phenolic OH excluding ortho intramolecular Hbond substituents is 1. The fourth-order valence-corrected chi connectivity index (χ4v) is 3.16. The summed E-state index contributed by atoms with van der Waals surface area (Å²) in [4.78, 5) is 11.3. The van der Waals surface area contributed by atoms with Crippen LogP contribution in [0.15, 0.2) is 42.5 Å². The molecule has 2 N–H and O–H groups in total. The van der Waals surface area contributed by atoms with Gasteiger partial charge in [0.05, 0.1) is 0 Å². The largest absolute Gasteiger partial charge is 0.508 e. The molecule has 0 heterocycles. The van der Waals surface area contributed by atoms with Gasteiger partial charge in [0.25, 0.3) is 0 Å². The smallest absolute Gasteiger partial charge is 0.221 e. The van der Waals surface area contributed by atoms with Crippen molar-refractivity contribution in [2.24, 2.45) is 0 Å². The summed E-state index contributed by atoms with van der Waals surface area (Å²) in [6, 6.07) is 13.7. The maximum absolute atomic E-state index is 11.3. The number of nitrogens with one attached hydrogen (secondary N) is 1. The standard InChI is InChI=1S/C18H19NO2/c1-12(20)19-18-5-3-2-4-17(18)15-7-6-14-11-16(21)9-8-13(14)10-15/h2-5,8-9,11,15,21H,6-7,10H2,1H3,(H,19,20). The predicted octanol–water partition coefficient (Wildman–Crippen LogP) is 3.62. The zero-order chi connectivity index (χ0) is 14.8. The molecule has 0 fully saturated rings. The second kappa shape index (κ2) is 5.60. The number of benzene rings is 2. The zero-order valence-corrected chi connectivity index (χ0v) is 12.1. The van der Waals surface area contributed by atoms with Crippen LogP contribution in [-0.2, 0) is 17.6 Å². The highest BCUT2D eigenvalue weighted by atomic mass is 16.3. The van der Waals surface area contributed by atoms with Crippen LogP contribution in [0, 0.1) is 0 Å². The molecule has 3 heteroatoms. The number of phenols is 1. The maximum Gasteiger partial charge on any atom is 0.221 e. The molecule has 0 spiro atoms. The molecule has 1 atom stereocenters. The number of aromatic hydroxyl groups is 1. The van der Waals surface area contributed by atoms with Crippen LogP contribution in [-0.4, -0.2) is 11.0 Å². The van der Waals surface area contributed by atoms with Crippen molar-refractivity contribution in [3.63, 3.8) is 0 Å². The van der Waals surface area contributed by atoms with Gasteiger partial charge in [-0.3, -0.25) is 4.79 Å². The lowest BCUT2D eigenvalue weighted by atomic mass is 9.79. The number of hydrogen-bond acceptors (Lipinski definition) is 2. The Bertz CT molecular complexity index is 679. The number of carbonyl (C=O) groups excluding carboxylic acids is 1. The van der Waals surface area contributed by atoms with Crippen LogP contribution in [0.3, 0.4) is 0 Å². The van der Waals surface area contributed by atoms with Gasteiger partial charge in [-0.05, 0) is 60.1 Å². The first-order valence-corrected chi connectivity index (χ1v) is 7.31. The summed E-state index contributed by atoms with van der Waals surface area (Å²) < 4.78 is 0. The van der Waals surface area contributed by atoms with Crippen molar-refractivity contribution in [2.75, 3.05) is 5.32 Å². The Hall–Kier alpha value is -2.29. The highest BCUT2D eigenvalue weighted by Crippen LogP contribution is 2.36. The number of fused-ring (bicyclic) bond motifs is 1. The van der Waals surface area contributed by atoms with Gasteiger partial charge in [0.2, 0.25) is 5.91 Å². The van der Waals surface area contributed by atoms with E-state index >= 15 is 0 Å². The number of anilines is 1. The van der Waals surface area contributed by atoms with Gasteiger partial charge in [0, 0.05) is 12.6 Å². The molecule has 0 saturated heterocycles.